The molecule has 4 N–H and O–H groups in total. The molecular weight excluding hydrogens is 883 g/mol. The van der Waals surface area contributed by atoms with Crippen LogP contribution in [0.2, 0.25) is 0 Å². The fourth-order valence-electron chi connectivity index (χ4n) is 10.7. The number of hydrogen-bond donors (Lipinski definition) is 4. The van der Waals surface area contributed by atoms with Crippen molar-refractivity contribution in [3.63, 3.8) is 0 Å². The van der Waals surface area contributed by atoms with Gasteiger partial charge in [-0.1, -0.05) is 346 Å². The van der Waals surface area contributed by atoms with Crippen molar-refractivity contribution in [2.24, 2.45) is 0 Å². The van der Waals surface area contributed by atoms with E-state index < -0.39 is 18.2 Å². The van der Waals surface area contributed by atoms with Gasteiger partial charge in [0.05, 0.1) is 31.3 Å². The zero-order valence-electron chi connectivity index (χ0n) is 49.1. The van der Waals surface area contributed by atoms with Crippen LogP contribution in [0.25, 0.3) is 0 Å². The van der Waals surface area contributed by atoms with Crippen LogP contribution in [0.4, 0.5) is 0 Å². The number of aliphatic hydroxyl groups excluding tert-OH is 3. The monoisotopic (exact) mass is 1010 g/mol. The van der Waals surface area contributed by atoms with Crippen molar-refractivity contribution in [1.82, 2.24) is 5.32 Å². The molecule has 72 heavy (non-hydrogen) atoms. The predicted molar refractivity (Wildman–Crippen MR) is 319 cm³/mol. The van der Waals surface area contributed by atoms with Gasteiger partial charge >= 0.3 is 0 Å². The molecular formula is C67H131NO4. The second-order valence-corrected chi connectivity index (χ2v) is 23.1. The lowest BCUT2D eigenvalue weighted by atomic mass is 10.0. The largest absolute Gasteiger partial charge is 0.394 e. The summed E-state index contributed by atoms with van der Waals surface area (Å²) in [5.41, 5.74) is 0. The molecule has 0 bridgehead atoms. The molecule has 0 aliphatic rings. The SMILES string of the molecule is CCCCCCCCCCCCC/C=C\C/C=C\CCCCCCCCCCCCCCCCCC(O)CC(=O)NC(CO)C(O)CCCCCCCCCCCCCCCCCCCCCCCCCC. The van der Waals surface area contributed by atoms with Gasteiger partial charge in [-0.2, -0.15) is 0 Å². The fraction of sp³-hybridized carbons (Fsp3) is 0.925. The summed E-state index contributed by atoms with van der Waals surface area (Å²) in [6.07, 6.45) is 80.9. The van der Waals surface area contributed by atoms with Crippen molar-refractivity contribution in [1.29, 1.82) is 0 Å². The Kier molecular flexibility index (Phi) is 61.4. The van der Waals surface area contributed by atoms with E-state index in [1.165, 1.54) is 308 Å². The maximum Gasteiger partial charge on any atom is 0.222 e. The molecule has 428 valence electrons. The summed E-state index contributed by atoms with van der Waals surface area (Å²) in [5.74, 6) is -0.276. The third-order valence-electron chi connectivity index (χ3n) is 15.8. The number of nitrogens with one attached hydrogen (secondary N) is 1. The average molecular weight is 1010 g/mol. The lowest BCUT2D eigenvalue weighted by Gasteiger charge is -2.23. The van der Waals surface area contributed by atoms with Crippen LogP contribution in [0.5, 0.6) is 0 Å². The first kappa shape index (κ1) is 70.8. The maximum atomic E-state index is 12.6. The van der Waals surface area contributed by atoms with Crippen molar-refractivity contribution >= 4 is 5.91 Å². The first-order valence-corrected chi connectivity index (χ1v) is 33.1. The normalized spacial score (nSPS) is 13.2. The summed E-state index contributed by atoms with van der Waals surface area (Å²) in [6, 6.07) is -0.659. The molecule has 5 nitrogen and oxygen atoms in total. The highest BCUT2D eigenvalue weighted by Gasteiger charge is 2.21. The molecule has 0 aliphatic heterocycles. The molecule has 0 rings (SSSR count). The Hall–Kier alpha value is -1.17. The minimum Gasteiger partial charge on any atom is -0.394 e. The quantitative estimate of drug-likeness (QED) is 0.0361. The van der Waals surface area contributed by atoms with Crippen LogP contribution in [0.15, 0.2) is 24.3 Å². The van der Waals surface area contributed by atoms with E-state index in [4.69, 9.17) is 0 Å². The first-order valence-electron chi connectivity index (χ1n) is 33.1. The number of amides is 1. The van der Waals surface area contributed by atoms with Gasteiger partial charge in [-0.25, -0.2) is 0 Å². The van der Waals surface area contributed by atoms with Gasteiger partial charge in [0.1, 0.15) is 0 Å². The summed E-state index contributed by atoms with van der Waals surface area (Å²) in [7, 11) is 0. The Morgan fingerprint density at radius 2 is 0.597 bits per heavy atom. The lowest BCUT2D eigenvalue weighted by molar-refractivity contribution is -0.125. The summed E-state index contributed by atoms with van der Waals surface area (Å²) >= 11 is 0. The third-order valence-corrected chi connectivity index (χ3v) is 15.8. The van der Waals surface area contributed by atoms with Crippen molar-refractivity contribution in [3.8, 4) is 0 Å². The van der Waals surface area contributed by atoms with Gasteiger partial charge in [-0.3, -0.25) is 4.79 Å². The van der Waals surface area contributed by atoms with E-state index in [9.17, 15) is 20.1 Å². The van der Waals surface area contributed by atoms with E-state index in [1.807, 2.05) is 0 Å². The molecule has 5 heteroatoms. The van der Waals surface area contributed by atoms with Gasteiger partial charge in [0.15, 0.2) is 0 Å². The van der Waals surface area contributed by atoms with Crippen molar-refractivity contribution in [3.05, 3.63) is 24.3 Å². The Labute approximate surface area is 452 Å². The van der Waals surface area contributed by atoms with Crippen LogP contribution < -0.4 is 5.32 Å². The number of rotatable bonds is 62. The molecule has 0 heterocycles. The van der Waals surface area contributed by atoms with Crippen LogP contribution in [0.1, 0.15) is 373 Å². The Morgan fingerprint density at radius 1 is 0.347 bits per heavy atom. The second kappa shape index (κ2) is 62.4. The molecule has 3 atom stereocenters. The summed E-state index contributed by atoms with van der Waals surface area (Å²) in [6.45, 7) is 4.31. The molecule has 0 aliphatic carbocycles. The Bertz CT molecular complexity index is 1080. The van der Waals surface area contributed by atoms with E-state index in [2.05, 4.69) is 43.5 Å². The van der Waals surface area contributed by atoms with Crippen LogP contribution in [0, 0.1) is 0 Å². The van der Waals surface area contributed by atoms with Gasteiger partial charge in [-0.15, -0.1) is 0 Å². The van der Waals surface area contributed by atoms with Gasteiger partial charge in [0.25, 0.3) is 0 Å². The molecule has 0 aromatic heterocycles. The molecule has 0 aromatic rings. The third kappa shape index (κ3) is 58.1. The van der Waals surface area contributed by atoms with Crippen LogP contribution in [-0.4, -0.2) is 46.1 Å². The van der Waals surface area contributed by atoms with Gasteiger partial charge < -0.3 is 20.6 Å². The topological polar surface area (TPSA) is 89.8 Å². The summed E-state index contributed by atoms with van der Waals surface area (Å²) in [5, 5.41) is 33.8. The standard InChI is InChI=1S/C67H131NO4/c1-3-5-7-9-11-13-15-17-19-21-23-25-27-29-30-31-32-33-34-35-36-37-38-40-42-44-46-48-50-52-54-56-58-60-64(70)62-67(72)68-65(63-69)66(71)61-59-57-55-53-51-49-47-45-43-41-39-28-26-24-22-20-18-16-14-12-10-8-6-4-2/h27,29,31-32,64-66,69-71H,3-26,28,30,33-63H2,1-2H3,(H,68,72)/b29-27-,32-31-. The van der Waals surface area contributed by atoms with Gasteiger partial charge in [0, 0.05) is 0 Å². The van der Waals surface area contributed by atoms with Crippen LogP contribution >= 0.6 is 0 Å². The molecule has 3 unspecified atom stereocenters. The van der Waals surface area contributed by atoms with E-state index in [0.717, 1.165) is 32.1 Å². The molecule has 0 aromatic carbocycles. The molecule has 0 saturated heterocycles. The molecule has 0 spiro atoms. The lowest BCUT2D eigenvalue weighted by Crippen LogP contribution is -2.46. The fourth-order valence-corrected chi connectivity index (χ4v) is 10.7. The number of unbranched alkanes of at least 4 members (excludes halogenated alkanes) is 49. The highest BCUT2D eigenvalue weighted by molar-refractivity contribution is 5.76. The second-order valence-electron chi connectivity index (χ2n) is 23.1. The molecule has 0 radical (unpaired) electrons. The molecule has 0 fully saturated rings. The van der Waals surface area contributed by atoms with E-state index in [-0.39, 0.29) is 18.9 Å². The maximum absolute atomic E-state index is 12.6. The van der Waals surface area contributed by atoms with Gasteiger partial charge in [0.2, 0.25) is 5.91 Å². The minimum absolute atomic E-state index is 0.0398. The Morgan fingerprint density at radius 3 is 0.875 bits per heavy atom. The number of aliphatic hydroxyl groups is 3. The van der Waals surface area contributed by atoms with Crippen molar-refractivity contribution < 1.29 is 20.1 Å². The first-order chi connectivity index (χ1) is 35.5. The number of carbonyl (C=O) groups is 1. The summed E-state index contributed by atoms with van der Waals surface area (Å²) < 4.78 is 0. The van der Waals surface area contributed by atoms with Crippen molar-refractivity contribution in [2.45, 2.75) is 392 Å². The zero-order chi connectivity index (χ0) is 52.2. The van der Waals surface area contributed by atoms with Gasteiger partial charge in [-0.05, 0) is 44.9 Å². The predicted octanol–water partition coefficient (Wildman–Crippen LogP) is 21.2. The van der Waals surface area contributed by atoms with Crippen molar-refractivity contribution in [2.75, 3.05) is 6.61 Å². The highest BCUT2D eigenvalue weighted by atomic mass is 16.3. The minimum atomic E-state index is -0.750. The number of hydrogen-bond acceptors (Lipinski definition) is 4. The zero-order valence-corrected chi connectivity index (χ0v) is 49.1. The van der Waals surface area contributed by atoms with E-state index in [0.29, 0.717) is 12.8 Å². The average Bonchev–Trinajstić information content (AvgIpc) is 3.38. The number of carbonyl (C=O) groups excluding carboxylic acids is 1. The smallest absolute Gasteiger partial charge is 0.222 e. The summed E-state index contributed by atoms with van der Waals surface area (Å²) in [4.78, 5) is 12.6. The Balaban J connectivity index is 3.48. The molecule has 1 amide bonds. The van der Waals surface area contributed by atoms with Crippen LogP contribution in [-0.2, 0) is 4.79 Å². The van der Waals surface area contributed by atoms with E-state index >= 15 is 0 Å². The van der Waals surface area contributed by atoms with E-state index in [1.54, 1.807) is 0 Å². The number of allylic oxidation sites excluding steroid dienone is 4. The van der Waals surface area contributed by atoms with Crippen LogP contribution in [0.3, 0.4) is 0 Å². The highest BCUT2D eigenvalue weighted by Crippen LogP contribution is 2.19. The molecule has 0 saturated carbocycles.